The zero-order chi connectivity index (χ0) is 19.5. The van der Waals surface area contributed by atoms with Crippen LogP contribution in [0.25, 0.3) is 11.5 Å². The highest BCUT2D eigenvalue weighted by Gasteiger charge is 2.33. The number of aromatic nitrogens is 2. The highest BCUT2D eigenvalue weighted by Crippen LogP contribution is 2.33. The summed E-state index contributed by atoms with van der Waals surface area (Å²) in [6.07, 6.45) is 0.338. The topological polar surface area (TPSA) is 95.6 Å². The summed E-state index contributed by atoms with van der Waals surface area (Å²) in [6, 6.07) is 13.7. The van der Waals surface area contributed by atoms with Crippen molar-refractivity contribution in [3.05, 3.63) is 65.1 Å². The second-order valence-corrected chi connectivity index (χ2v) is 6.36. The van der Waals surface area contributed by atoms with Crippen LogP contribution in [0.3, 0.4) is 0 Å². The van der Waals surface area contributed by atoms with E-state index >= 15 is 0 Å². The predicted octanol–water partition coefficient (Wildman–Crippen LogP) is 1.85. The molecule has 0 fully saturated rings. The summed E-state index contributed by atoms with van der Waals surface area (Å²) in [5, 5.41) is 7.05. The molecule has 144 valence electrons. The lowest BCUT2D eigenvalue weighted by Crippen LogP contribution is -2.49. The molecule has 4 rings (SSSR count). The van der Waals surface area contributed by atoms with Gasteiger partial charge in [0.2, 0.25) is 6.10 Å². The highest BCUT2D eigenvalue weighted by molar-refractivity contribution is 5.82. The van der Waals surface area contributed by atoms with Gasteiger partial charge in [-0.25, -0.2) is 4.68 Å². The Labute approximate surface area is 160 Å². The average molecular weight is 381 g/mol. The van der Waals surface area contributed by atoms with Crippen molar-refractivity contribution in [3.63, 3.8) is 0 Å². The largest absolute Gasteiger partial charge is 0.482 e. The van der Waals surface area contributed by atoms with Crippen LogP contribution >= 0.6 is 0 Å². The molecule has 1 N–H and O–H groups in total. The van der Waals surface area contributed by atoms with E-state index in [-0.39, 0.29) is 24.6 Å². The molecule has 0 saturated carbocycles. The molecule has 1 aromatic carbocycles. The lowest BCUT2D eigenvalue weighted by Gasteiger charge is -2.31. The normalized spacial score (nSPS) is 17.9. The second-order valence-electron chi connectivity index (χ2n) is 6.36. The first kappa shape index (κ1) is 17.8. The summed E-state index contributed by atoms with van der Waals surface area (Å²) in [4.78, 5) is 24.5. The Morgan fingerprint density at radius 3 is 2.64 bits per heavy atom. The first-order valence-corrected chi connectivity index (χ1v) is 8.94. The van der Waals surface area contributed by atoms with Gasteiger partial charge in [0.25, 0.3) is 11.5 Å². The van der Waals surface area contributed by atoms with Crippen LogP contribution in [0.15, 0.2) is 64.0 Å². The number of para-hydroxylation sites is 2. The number of carbonyl (C=O) groups is 1. The van der Waals surface area contributed by atoms with Gasteiger partial charge >= 0.3 is 0 Å². The van der Waals surface area contributed by atoms with Crippen LogP contribution in [0.4, 0.5) is 0 Å². The number of hydrogen-bond donors (Lipinski definition) is 1. The van der Waals surface area contributed by atoms with Gasteiger partial charge in [0.05, 0.1) is 12.8 Å². The molecule has 2 atom stereocenters. The Hall–Kier alpha value is -3.55. The van der Waals surface area contributed by atoms with Crippen LogP contribution in [0.5, 0.6) is 11.5 Å². The summed E-state index contributed by atoms with van der Waals surface area (Å²) in [6.45, 7) is 2.22. The van der Waals surface area contributed by atoms with Gasteiger partial charge < -0.3 is 19.2 Å². The van der Waals surface area contributed by atoms with Crippen LogP contribution in [0, 0.1) is 0 Å². The van der Waals surface area contributed by atoms with Gasteiger partial charge in [0.15, 0.2) is 17.3 Å². The summed E-state index contributed by atoms with van der Waals surface area (Å²) < 4.78 is 18.1. The van der Waals surface area contributed by atoms with E-state index < -0.39 is 12.2 Å². The van der Waals surface area contributed by atoms with Crippen molar-refractivity contribution in [2.75, 3.05) is 6.54 Å². The van der Waals surface area contributed by atoms with E-state index in [1.165, 1.54) is 17.0 Å². The molecule has 3 aromatic rings. The summed E-state index contributed by atoms with van der Waals surface area (Å²) in [5.41, 5.74) is 0.286. The number of nitrogens with zero attached hydrogens (tertiary/aromatic N) is 2. The molecule has 0 aliphatic carbocycles. The summed E-state index contributed by atoms with van der Waals surface area (Å²) in [5.74, 6) is 1.41. The van der Waals surface area contributed by atoms with Crippen molar-refractivity contribution in [2.24, 2.45) is 0 Å². The second kappa shape index (κ2) is 7.59. The fourth-order valence-corrected chi connectivity index (χ4v) is 2.96. The molecule has 1 amide bonds. The number of ether oxygens (including phenoxy) is 2. The molecule has 28 heavy (non-hydrogen) atoms. The molecule has 3 heterocycles. The quantitative estimate of drug-likeness (QED) is 0.725. The number of amides is 1. The highest BCUT2D eigenvalue weighted by atomic mass is 16.6. The van der Waals surface area contributed by atoms with Gasteiger partial charge in [-0.1, -0.05) is 12.1 Å². The zero-order valence-electron chi connectivity index (χ0n) is 15.2. The number of benzene rings is 1. The maximum atomic E-state index is 12.5. The van der Waals surface area contributed by atoms with E-state index in [0.717, 1.165) is 0 Å². The number of carbonyl (C=O) groups excluding carboxylic acids is 1. The molecule has 0 saturated heterocycles. The molecule has 1 aliphatic heterocycles. The van der Waals surface area contributed by atoms with E-state index in [4.69, 9.17) is 13.9 Å². The Morgan fingerprint density at radius 2 is 1.89 bits per heavy atom. The molecule has 8 nitrogen and oxygen atoms in total. The average Bonchev–Trinajstić information content (AvgIpc) is 3.23. The third kappa shape index (κ3) is 3.62. The Balaban J connectivity index is 1.38. The molecule has 2 aromatic heterocycles. The monoisotopic (exact) mass is 381 g/mol. The Morgan fingerprint density at radius 1 is 1.11 bits per heavy atom. The minimum absolute atomic E-state index is 0.220. The van der Waals surface area contributed by atoms with Gasteiger partial charge in [-0.2, -0.15) is 5.10 Å². The fourth-order valence-electron chi connectivity index (χ4n) is 2.96. The SMILES string of the molecule is C[C@H]1Oc2ccccc2O[C@H]1C(=O)NCCn1nc(-c2ccco2)ccc1=O. The van der Waals surface area contributed by atoms with Crippen LogP contribution in [0.2, 0.25) is 0 Å². The molecular formula is C20H19N3O5. The van der Waals surface area contributed by atoms with Crippen molar-refractivity contribution in [3.8, 4) is 23.0 Å². The maximum Gasteiger partial charge on any atom is 0.266 e. The van der Waals surface area contributed by atoms with Gasteiger partial charge in [-0.05, 0) is 37.3 Å². The molecule has 8 heteroatoms. The summed E-state index contributed by atoms with van der Waals surface area (Å²) >= 11 is 0. The number of nitrogens with one attached hydrogen (secondary N) is 1. The number of hydrogen-bond acceptors (Lipinski definition) is 6. The lowest BCUT2D eigenvalue weighted by molar-refractivity contribution is -0.133. The number of furan rings is 1. The predicted molar refractivity (Wildman–Crippen MR) is 100 cm³/mol. The molecule has 1 aliphatic rings. The number of rotatable bonds is 5. The van der Waals surface area contributed by atoms with Gasteiger partial charge in [0, 0.05) is 12.6 Å². The fraction of sp³-hybridized carbons (Fsp3) is 0.250. The van der Waals surface area contributed by atoms with Crippen LogP contribution in [0.1, 0.15) is 6.92 Å². The molecule has 0 unspecified atom stereocenters. The van der Waals surface area contributed by atoms with Crippen molar-refractivity contribution in [1.29, 1.82) is 0 Å². The molecular weight excluding hydrogens is 362 g/mol. The van der Waals surface area contributed by atoms with Crippen LogP contribution in [-0.4, -0.2) is 34.4 Å². The number of fused-ring (bicyclic) bond motifs is 1. The minimum Gasteiger partial charge on any atom is -0.482 e. The molecule has 0 bridgehead atoms. The third-order valence-corrected chi connectivity index (χ3v) is 4.36. The van der Waals surface area contributed by atoms with Crippen molar-refractivity contribution >= 4 is 5.91 Å². The standard InChI is InChI=1S/C20H19N3O5/c1-13-19(28-17-6-3-2-5-16(17)27-13)20(25)21-10-11-23-18(24)9-8-14(22-23)15-7-4-12-26-15/h2-9,12-13,19H,10-11H2,1H3,(H,21,25)/t13-,19-/m1/s1. The summed E-state index contributed by atoms with van der Waals surface area (Å²) in [7, 11) is 0. The van der Waals surface area contributed by atoms with E-state index in [1.807, 2.05) is 12.1 Å². The third-order valence-electron chi connectivity index (χ3n) is 4.36. The molecule has 0 spiro atoms. The van der Waals surface area contributed by atoms with Crippen molar-refractivity contribution in [1.82, 2.24) is 15.1 Å². The van der Waals surface area contributed by atoms with Crippen LogP contribution in [-0.2, 0) is 11.3 Å². The van der Waals surface area contributed by atoms with Gasteiger partial charge in [-0.3, -0.25) is 9.59 Å². The van der Waals surface area contributed by atoms with E-state index in [0.29, 0.717) is 23.0 Å². The van der Waals surface area contributed by atoms with E-state index in [1.54, 1.807) is 37.3 Å². The van der Waals surface area contributed by atoms with E-state index in [2.05, 4.69) is 10.4 Å². The zero-order valence-corrected chi connectivity index (χ0v) is 15.2. The first-order chi connectivity index (χ1) is 13.6. The first-order valence-electron chi connectivity index (χ1n) is 8.94. The van der Waals surface area contributed by atoms with Crippen molar-refractivity contribution in [2.45, 2.75) is 25.7 Å². The Bertz CT molecular complexity index is 1030. The van der Waals surface area contributed by atoms with E-state index in [9.17, 15) is 9.59 Å². The lowest BCUT2D eigenvalue weighted by atomic mass is 10.1. The molecule has 0 radical (unpaired) electrons. The Kier molecular flexibility index (Phi) is 4.84. The van der Waals surface area contributed by atoms with Gasteiger partial charge in [-0.15, -0.1) is 0 Å². The van der Waals surface area contributed by atoms with Crippen LogP contribution < -0.4 is 20.3 Å². The smallest absolute Gasteiger partial charge is 0.266 e. The van der Waals surface area contributed by atoms with Crippen molar-refractivity contribution < 1.29 is 18.7 Å². The van der Waals surface area contributed by atoms with Gasteiger partial charge in [0.1, 0.15) is 11.8 Å². The minimum atomic E-state index is -0.769. The maximum absolute atomic E-state index is 12.5.